The average Bonchev–Trinajstić information content (AvgIpc) is 2.75. The lowest BCUT2D eigenvalue weighted by atomic mass is 9.87. The van der Waals surface area contributed by atoms with Crippen LogP contribution in [0, 0.1) is 0 Å². The molecule has 2 saturated heterocycles. The van der Waals surface area contributed by atoms with E-state index in [1.807, 2.05) is 23.1 Å². The van der Waals surface area contributed by atoms with Crippen LogP contribution in [0.1, 0.15) is 49.3 Å². The minimum absolute atomic E-state index is 0.0329. The molecular formula is C24H30N2O2. The van der Waals surface area contributed by atoms with Crippen molar-refractivity contribution in [2.75, 3.05) is 19.6 Å². The summed E-state index contributed by atoms with van der Waals surface area (Å²) in [4.78, 5) is 17.5. The van der Waals surface area contributed by atoms with Crippen molar-refractivity contribution in [2.45, 2.75) is 50.3 Å². The summed E-state index contributed by atoms with van der Waals surface area (Å²) in [5, 5.41) is 10.7. The first-order valence-electron chi connectivity index (χ1n) is 10.5. The Labute approximate surface area is 167 Å². The molecule has 2 aromatic carbocycles. The number of rotatable bonds is 4. The van der Waals surface area contributed by atoms with Crippen LogP contribution in [0.25, 0.3) is 0 Å². The lowest BCUT2D eigenvalue weighted by molar-refractivity contribution is -0.150. The summed E-state index contributed by atoms with van der Waals surface area (Å²) < 4.78 is 0. The predicted octanol–water partition coefficient (Wildman–Crippen LogP) is 3.59. The quantitative estimate of drug-likeness (QED) is 0.884. The number of benzene rings is 2. The SMILES string of the molecule is C[C@@H](c1ccccc1)N1CC[C@H](O)[C@H](N2CCC(c3ccccc3)CC2)C1=O. The lowest BCUT2D eigenvalue weighted by Crippen LogP contribution is -2.60. The Kier molecular flexibility index (Phi) is 5.79. The van der Waals surface area contributed by atoms with Crippen molar-refractivity contribution in [1.82, 2.24) is 9.80 Å². The first kappa shape index (κ1) is 19.2. The Balaban J connectivity index is 1.44. The molecule has 2 fully saturated rings. The molecular weight excluding hydrogens is 348 g/mol. The highest BCUT2D eigenvalue weighted by Gasteiger charge is 2.42. The monoisotopic (exact) mass is 378 g/mol. The fourth-order valence-electron chi connectivity index (χ4n) is 4.81. The molecule has 4 nitrogen and oxygen atoms in total. The van der Waals surface area contributed by atoms with E-state index >= 15 is 0 Å². The van der Waals surface area contributed by atoms with Crippen LogP contribution in [0.3, 0.4) is 0 Å². The molecule has 0 spiro atoms. The maximum Gasteiger partial charge on any atom is 0.243 e. The summed E-state index contributed by atoms with van der Waals surface area (Å²) >= 11 is 0. The van der Waals surface area contributed by atoms with Gasteiger partial charge in [-0.1, -0.05) is 60.7 Å². The number of aliphatic hydroxyl groups excluding tert-OH is 1. The fourth-order valence-corrected chi connectivity index (χ4v) is 4.81. The van der Waals surface area contributed by atoms with Crippen LogP contribution in [0.4, 0.5) is 0 Å². The van der Waals surface area contributed by atoms with Gasteiger partial charge in [-0.15, -0.1) is 0 Å². The number of likely N-dealkylation sites (tertiary alicyclic amines) is 2. The van der Waals surface area contributed by atoms with E-state index < -0.39 is 12.1 Å². The van der Waals surface area contributed by atoms with Gasteiger partial charge in [0.05, 0.1) is 12.1 Å². The second kappa shape index (κ2) is 8.46. The van der Waals surface area contributed by atoms with E-state index in [0.29, 0.717) is 18.9 Å². The van der Waals surface area contributed by atoms with E-state index in [0.717, 1.165) is 31.5 Å². The standard InChI is InChI=1S/C24H30N2O2/c1-18(19-8-4-2-5-9-19)26-17-14-22(27)23(24(26)28)25-15-12-21(13-16-25)20-10-6-3-7-11-20/h2-11,18,21-23,27H,12-17H2,1H3/t18-,22-,23-/m0/s1. The molecule has 2 aliphatic rings. The number of hydrogen-bond acceptors (Lipinski definition) is 3. The summed E-state index contributed by atoms with van der Waals surface area (Å²) in [7, 11) is 0. The van der Waals surface area contributed by atoms with Gasteiger partial charge in [-0.05, 0) is 56.3 Å². The van der Waals surface area contributed by atoms with Crippen molar-refractivity contribution in [1.29, 1.82) is 0 Å². The number of carbonyl (C=O) groups excluding carboxylic acids is 1. The molecule has 0 unspecified atom stereocenters. The van der Waals surface area contributed by atoms with E-state index in [-0.39, 0.29) is 11.9 Å². The molecule has 0 bridgehead atoms. The molecule has 2 aromatic rings. The van der Waals surface area contributed by atoms with Crippen LogP contribution in [0.5, 0.6) is 0 Å². The minimum atomic E-state index is -0.569. The molecule has 1 N–H and O–H groups in total. The van der Waals surface area contributed by atoms with Crippen LogP contribution in [0.2, 0.25) is 0 Å². The zero-order valence-electron chi connectivity index (χ0n) is 16.6. The fraction of sp³-hybridized carbons (Fsp3) is 0.458. The smallest absolute Gasteiger partial charge is 0.243 e. The summed E-state index contributed by atoms with van der Waals surface area (Å²) in [6.07, 6.45) is 2.15. The first-order valence-corrected chi connectivity index (χ1v) is 10.5. The van der Waals surface area contributed by atoms with E-state index in [4.69, 9.17) is 0 Å². The summed E-state index contributed by atoms with van der Waals surface area (Å²) in [5.74, 6) is 0.626. The van der Waals surface area contributed by atoms with E-state index in [1.165, 1.54) is 5.56 Å². The number of amides is 1. The van der Waals surface area contributed by atoms with Gasteiger partial charge in [0.1, 0.15) is 6.04 Å². The van der Waals surface area contributed by atoms with E-state index in [2.05, 4.69) is 54.3 Å². The highest BCUT2D eigenvalue weighted by Crippen LogP contribution is 2.32. The molecule has 0 saturated carbocycles. The predicted molar refractivity (Wildman–Crippen MR) is 111 cm³/mol. The van der Waals surface area contributed by atoms with Crippen molar-refractivity contribution < 1.29 is 9.90 Å². The molecule has 0 aliphatic carbocycles. The van der Waals surface area contributed by atoms with Crippen molar-refractivity contribution in [2.24, 2.45) is 0 Å². The highest BCUT2D eigenvalue weighted by atomic mass is 16.3. The van der Waals surface area contributed by atoms with Gasteiger partial charge in [-0.25, -0.2) is 0 Å². The van der Waals surface area contributed by atoms with Gasteiger partial charge in [0.25, 0.3) is 0 Å². The third-order valence-electron chi connectivity index (χ3n) is 6.51. The van der Waals surface area contributed by atoms with Crippen molar-refractivity contribution in [3.05, 3.63) is 71.8 Å². The second-order valence-electron chi connectivity index (χ2n) is 8.14. The van der Waals surface area contributed by atoms with Gasteiger partial charge in [0, 0.05) is 6.54 Å². The second-order valence-corrected chi connectivity index (χ2v) is 8.14. The molecule has 148 valence electrons. The largest absolute Gasteiger partial charge is 0.391 e. The van der Waals surface area contributed by atoms with Gasteiger partial charge < -0.3 is 10.0 Å². The van der Waals surface area contributed by atoms with Crippen LogP contribution >= 0.6 is 0 Å². The summed E-state index contributed by atoms with van der Waals surface area (Å²) in [6, 6.07) is 20.4. The minimum Gasteiger partial charge on any atom is -0.391 e. The first-order chi connectivity index (χ1) is 13.6. The Morgan fingerprint density at radius 2 is 1.50 bits per heavy atom. The van der Waals surface area contributed by atoms with E-state index in [1.54, 1.807) is 0 Å². The number of hydrogen-bond donors (Lipinski definition) is 1. The molecule has 1 amide bonds. The van der Waals surface area contributed by atoms with E-state index in [9.17, 15) is 9.90 Å². The van der Waals surface area contributed by atoms with Crippen LogP contribution in [-0.2, 0) is 4.79 Å². The number of aliphatic hydroxyl groups is 1. The molecule has 4 heteroatoms. The topological polar surface area (TPSA) is 43.8 Å². The normalized spacial score (nSPS) is 25.6. The third kappa shape index (κ3) is 3.85. The molecule has 2 heterocycles. The molecule has 0 radical (unpaired) electrons. The zero-order valence-corrected chi connectivity index (χ0v) is 16.6. The Bertz CT molecular complexity index is 772. The highest BCUT2D eigenvalue weighted by molar-refractivity contribution is 5.84. The summed E-state index contributed by atoms with van der Waals surface area (Å²) in [6.45, 7) is 4.43. The average molecular weight is 379 g/mol. The Hall–Kier alpha value is -2.17. The maximum atomic E-state index is 13.3. The Morgan fingerprint density at radius 3 is 2.14 bits per heavy atom. The summed E-state index contributed by atoms with van der Waals surface area (Å²) in [5.41, 5.74) is 2.53. The number of nitrogens with zero attached hydrogens (tertiary/aromatic N) is 2. The zero-order chi connectivity index (χ0) is 19.5. The van der Waals surface area contributed by atoms with Crippen LogP contribution in [0.15, 0.2) is 60.7 Å². The maximum absolute atomic E-state index is 13.3. The molecule has 3 atom stereocenters. The van der Waals surface area contributed by atoms with Gasteiger partial charge in [-0.2, -0.15) is 0 Å². The van der Waals surface area contributed by atoms with Crippen molar-refractivity contribution in [3.8, 4) is 0 Å². The number of carbonyl (C=O) groups is 1. The Morgan fingerprint density at radius 1 is 0.893 bits per heavy atom. The third-order valence-corrected chi connectivity index (χ3v) is 6.51. The molecule has 28 heavy (non-hydrogen) atoms. The molecule has 0 aromatic heterocycles. The lowest BCUT2D eigenvalue weighted by Gasteiger charge is -2.45. The van der Waals surface area contributed by atoms with Gasteiger partial charge >= 0.3 is 0 Å². The van der Waals surface area contributed by atoms with Crippen molar-refractivity contribution in [3.63, 3.8) is 0 Å². The van der Waals surface area contributed by atoms with Crippen molar-refractivity contribution >= 4 is 5.91 Å². The molecule has 4 rings (SSSR count). The van der Waals surface area contributed by atoms with Crippen LogP contribution < -0.4 is 0 Å². The van der Waals surface area contributed by atoms with Gasteiger partial charge in [-0.3, -0.25) is 9.69 Å². The number of piperidine rings is 2. The van der Waals surface area contributed by atoms with Gasteiger partial charge in [0.15, 0.2) is 0 Å². The van der Waals surface area contributed by atoms with Crippen LogP contribution in [-0.4, -0.2) is 52.6 Å². The van der Waals surface area contributed by atoms with Gasteiger partial charge in [0.2, 0.25) is 5.91 Å². The molecule has 2 aliphatic heterocycles.